The van der Waals surface area contributed by atoms with Gasteiger partial charge >= 0.3 is 0 Å². The topological polar surface area (TPSA) is 37.4 Å². The summed E-state index contributed by atoms with van der Waals surface area (Å²) in [5, 5.41) is 0. The van der Waals surface area contributed by atoms with E-state index >= 15 is 0 Å². The van der Waals surface area contributed by atoms with Gasteiger partial charge in [0.05, 0.1) is 5.75 Å². The number of thiol groups is 1. The van der Waals surface area contributed by atoms with Gasteiger partial charge in [-0.1, -0.05) is 6.42 Å². The summed E-state index contributed by atoms with van der Waals surface area (Å²) in [5.74, 6) is 1.16. The average Bonchev–Trinajstić information content (AvgIpc) is 2.38. The number of nitrogens with zero attached hydrogens (tertiary/aromatic N) is 1. The summed E-state index contributed by atoms with van der Waals surface area (Å²) in [6, 6.07) is 0. The van der Waals surface area contributed by atoms with Gasteiger partial charge in [0.15, 0.2) is 0 Å². The van der Waals surface area contributed by atoms with Crippen molar-refractivity contribution in [3.63, 3.8) is 0 Å². The van der Waals surface area contributed by atoms with Crippen LogP contribution in [0.3, 0.4) is 0 Å². The summed E-state index contributed by atoms with van der Waals surface area (Å²) in [6.45, 7) is 1.43. The van der Waals surface area contributed by atoms with Crippen LogP contribution in [0.4, 0.5) is 0 Å². The normalized spacial score (nSPS) is 30.1. The smallest absolute Gasteiger partial charge is 0.212 e. The van der Waals surface area contributed by atoms with Crippen molar-refractivity contribution >= 4 is 22.7 Å². The number of sulfonamides is 1. The lowest BCUT2D eigenvalue weighted by atomic mass is 9.70. The molecule has 0 bridgehead atoms. The maximum absolute atomic E-state index is 11.6. The van der Waals surface area contributed by atoms with Gasteiger partial charge in [0, 0.05) is 13.1 Å². The number of hydrogen-bond acceptors (Lipinski definition) is 3. The molecule has 2 aliphatic rings. The first-order valence-corrected chi connectivity index (χ1v) is 7.41. The van der Waals surface area contributed by atoms with E-state index in [9.17, 15) is 8.42 Å². The van der Waals surface area contributed by atoms with E-state index in [1.165, 1.54) is 6.42 Å². The van der Waals surface area contributed by atoms with Crippen LogP contribution in [0.2, 0.25) is 0 Å². The molecule has 5 heteroatoms. The van der Waals surface area contributed by atoms with Gasteiger partial charge < -0.3 is 0 Å². The SMILES string of the molecule is O=S1(=O)CCCN1CC1(CS)CCC1. The molecule has 0 aromatic carbocycles. The van der Waals surface area contributed by atoms with Crippen LogP contribution >= 0.6 is 12.6 Å². The van der Waals surface area contributed by atoms with E-state index in [4.69, 9.17) is 0 Å². The van der Waals surface area contributed by atoms with Gasteiger partial charge in [-0.3, -0.25) is 0 Å². The van der Waals surface area contributed by atoms with Crippen molar-refractivity contribution in [2.24, 2.45) is 5.41 Å². The lowest BCUT2D eigenvalue weighted by molar-refractivity contribution is 0.133. The highest BCUT2D eigenvalue weighted by Gasteiger charge is 2.41. The fraction of sp³-hybridized carbons (Fsp3) is 1.00. The lowest BCUT2D eigenvalue weighted by Crippen LogP contribution is -2.44. The molecule has 0 amide bonds. The van der Waals surface area contributed by atoms with E-state index in [-0.39, 0.29) is 5.41 Å². The molecule has 14 heavy (non-hydrogen) atoms. The van der Waals surface area contributed by atoms with Crippen molar-refractivity contribution in [2.45, 2.75) is 25.7 Å². The summed E-state index contributed by atoms with van der Waals surface area (Å²) in [5.41, 5.74) is 0.195. The molecule has 82 valence electrons. The Hall–Kier alpha value is 0.260. The van der Waals surface area contributed by atoms with E-state index in [0.717, 1.165) is 31.6 Å². The standard InChI is InChI=1S/C9H17NO2S2/c11-14(12)6-2-5-10(14)7-9(8-13)3-1-4-9/h13H,1-8H2. The maximum Gasteiger partial charge on any atom is 0.214 e. The van der Waals surface area contributed by atoms with E-state index < -0.39 is 10.0 Å². The first-order chi connectivity index (χ1) is 6.58. The highest BCUT2D eigenvalue weighted by atomic mass is 32.2. The summed E-state index contributed by atoms with van der Waals surface area (Å²) in [7, 11) is -2.91. The molecule has 2 rings (SSSR count). The van der Waals surface area contributed by atoms with Crippen LogP contribution < -0.4 is 0 Å². The number of hydrogen-bond donors (Lipinski definition) is 1. The Labute approximate surface area is 91.3 Å². The average molecular weight is 235 g/mol. The zero-order valence-corrected chi connectivity index (χ0v) is 9.99. The molecule has 0 atom stereocenters. The van der Waals surface area contributed by atoms with Gasteiger partial charge in [-0.2, -0.15) is 12.6 Å². The quantitative estimate of drug-likeness (QED) is 0.744. The Morgan fingerprint density at radius 2 is 2.00 bits per heavy atom. The van der Waals surface area contributed by atoms with Crippen LogP contribution in [-0.2, 0) is 10.0 Å². The minimum atomic E-state index is -2.91. The van der Waals surface area contributed by atoms with Crippen LogP contribution in [0.15, 0.2) is 0 Å². The molecule has 3 nitrogen and oxygen atoms in total. The summed E-state index contributed by atoms with van der Waals surface area (Å²) < 4.78 is 24.9. The van der Waals surface area contributed by atoms with Gasteiger partial charge in [0.1, 0.15) is 0 Å². The molecule has 0 aromatic heterocycles. The molecule has 2 fully saturated rings. The van der Waals surface area contributed by atoms with E-state index in [1.54, 1.807) is 4.31 Å². The van der Waals surface area contributed by atoms with Crippen molar-refractivity contribution in [2.75, 3.05) is 24.6 Å². The fourth-order valence-electron chi connectivity index (χ4n) is 2.29. The molecule has 1 saturated carbocycles. The molecular weight excluding hydrogens is 218 g/mol. The third kappa shape index (κ3) is 1.82. The predicted octanol–water partition coefficient (Wildman–Crippen LogP) is 1.12. The molecule has 0 radical (unpaired) electrons. The van der Waals surface area contributed by atoms with Crippen molar-refractivity contribution in [1.82, 2.24) is 4.31 Å². The minimum absolute atomic E-state index is 0.195. The first-order valence-electron chi connectivity index (χ1n) is 5.17. The molecule has 1 aliphatic carbocycles. The molecular formula is C9H17NO2S2. The largest absolute Gasteiger partial charge is 0.214 e. The Balaban J connectivity index is 2.03. The zero-order valence-electron chi connectivity index (χ0n) is 8.28. The predicted molar refractivity (Wildman–Crippen MR) is 60.1 cm³/mol. The molecule has 0 N–H and O–H groups in total. The molecule has 1 saturated heterocycles. The van der Waals surface area contributed by atoms with Crippen LogP contribution in [0.25, 0.3) is 0 Å². The van der Waals surface area contributed by atoms with Gasteiger partial charge in [-0.05, 0) is 30.4 Å². The van der Waals surface area contributed by atoms with Crippen molar-refractivity contribution in [3.8, 4) is 0 Å². The van der Waals surface area contributed by atoms with Crippen molar-refractivity contribution in [1.29, 1.82) is 0 Å². The van der Waals surface area contributed by atoms with E-state index in [0.29, 0.717) is 12.3 Å². The Morgan fingerprint density at radius 1 is 1.29 bits per heavy atom. The summed E-state index contributed by atoms with van der Waals surface area (Å²) in [6.07, 6.45) is 4.31. The number of rotatable bonds is 3. The van der Waals surface area contributed by atoms with Crippen LogP contribution in [0.5, 0.6) is 0 Å². The van der Waals surface area contributed by atoms with Crippen molar-refractivity contribution in [3.05, 3.63) is 0 Å². The second-order valence-electron chi connectivity index (χ2n) is 4.51. The van der Waals surface area contributed by atoms with E-state index in [1.807, 2.05) is 0 Å². The molecule has 0 aromatic rings. The highest BCUT2D eigenvalue weighted by Crippen LogP contribution is 2.43. The van der Waals surface area contributed by atoms with Gasteiger partial charge in [0.2, 0.25) is 10.0 Å². The van der Waals surface area contributed by atoms with Gasteiger partial charge in [-0.25, -0.2) is 12.7 Å². The second kappa shape index (κ2) is 3.68. The fourth-order valence-corrected chi connectivity index (χ4v) is 4.33. The lowest BCUT2D eigenvalue weighted by Gasteiger charge is -2.42. The first kappa shape index (κ1) is 10.8. The van der Waals surface area contributed by atoms with Crippen LogP contribution in [-0.4, -0.2) is 37.3 Å². The van der Waals surface area contributed by atoms with Crippen molar-refractivity contribution < 1.29 is 8.42 Å². The Bertz CT molecular complexity index is 303. The Kier molecular flexibility index (Phi) is 2.83. The van der Waals surface area contributed by atoms with Gasteiger partial charge in [-0.15, -0.1) is 0 Å². The third-order valence-electron chi connectivity index (χ3n) is 3.46. The summed E-state index contributed by atoms with van der Waals surface area (Å²) in [4.78, 5) is 0. The molecule has 1 heterocycles. The Morgan fingerprint density at radius 3 is 2.36 bits per heavy atom. The second-order valence-corrected chi connectivity index (χ2v) is 6.92. The van der Waals surface area contributed by atoms with Crippen LogP contribution in [0, 0.1) is 5.41 Å². The molecule has 0 unspecified atom stereocenters. The molecule has 1 aliphatic heterocycles. The highest BCUT2D eigenvalue weighted by molar-refractivity contribution is 7.89. The maximum atomic E-state index is 11.6. The zero-order chi connectivity index (χ0) is 10.2. The van der Waals surface area contributed by atoms with Crippen LogP contribution in [0.1, 0.15) is 25.7 Å². The van der Waals surface area contributed by atoms with E-state index in [2.05, 4.69) is 12.6 Å². The monoisotopic (exact) mass is 235 g/mol. The summed E-state index contributed by atoms with van der Waals surface area (Å²) >= 11 is 4.34. The van der Waals surface area contributed by atoms with Gasteiger partial charge in [0.25, 0.3) is 0 Å². The third-order valence-corrected chi connectivity index (χ3v) is 6.04. The minimum Gasteiger partial charge on any atom is -0.212 e. The molecule has 0 spiro atoms.